The molecule has 0 fully saturated rings. The third-order valence-corrected chi connectivity index (χ3v) is 0.620. The predicted molar refractivity (Wildman–Crippen MR) is 20.8 cm³/mol. The van der Waals surface area contributed by atoms with Crippen LogP contribution in [0.5, 0.6) is 0 Å². The molecule has 0 saturated heterocycles. The lowest BCUT2D eigenvalue weighted by Gasteiger charge is -1.74. The SMILES string of the molecule is [O]Cc1cnn[nH]1. The average Bonchev–Trinajstić information content (AvgIpc) is 2.14. The molecule has 1 aromatic heterocycles. The molecule has 1 aromatic rings. The summed E-state index contributed by atoms with van der Waals surface area (Å²) in [5, 5.41) is 19.0. The summed E-state index contributed by atoms with van der Waals surface area (Å²) in [4.78, 5) is 0. The molecule has 0 amide bonds. The van der Waals surface area contributed by atoms with Crippen LogP contribution in [0.15, 0.2) is 6.20 Å². The Balaban J connectivity index is 2.76. The molecule has 7 heavy (non-hydrogen) atoms. The summed E-state index contributed by atoms with van der Waals surface area (Å²) < 4.78 is 0. The number of aromatic nitrogens is 3. The van der Waals surface area contributed by atoms with Crippen LogP contribution in [-0.2, 0) is 11.7 Å². The van der Waals surface area contributed by atoms with Crippen molar-refractivity contribution in [1.29, 1.82) is 0 Å². The van der Waals surface area contributed by atoms with Crippen LogP contribution >= 0.6 is 0 Å². The maximum atomic E-state index is 9.88. The molecule has 1 heterocycles. The normalized spacial score (nSPS) is 9.29. The highest BCUT2D eigenvalue weighted by atomic mass is 16.3. The van der Waals surface area contributed by atoms with Crippen molar-refractivity contribution in [3.8, 4) is 0 Å². The molecule has 0 unspecified atom stereocenters. The van der Waals surface area contributed by atoms with Crippen molar-refractivity contribution in [2.45, 2.75) is 6.61 Å². The first-order valence-corrected chi connectivity index (χ1v) is 1.86. The number of nitrogens with zero attached hydrogens (tertiary/aromatic N) is 2. The second-order valence-corrected chi connectivity index (χ2v) is 1.13. The lowest BCUT2D eigenvalue weighted by molar-refractivity contribution is 0.174. The van der Waals surface area contributed by atoms with Crippen molar-refractivity contribution < 1.29 is 5.11 Å². The van der Waals surface area contributed by atoms with Crippen molar-refractivity contribution in [3.05, 3.63) is 11.9 Å². The van der Waals surface area contributed by atoms with E-state index in [1.165, 1.54) is 6.20 Å². The van der Waals surface area contributed by atoms with Crippen LogP contribution in [0, 0.1) is 0 Å². The molecule has 0 aliphatic heterocycles. The van der Waals surface area contributed by atoms with Crippen molar-refractivity contribution in [3.63, 3.8) is 0 Å². The van der Waals surface area contributed by atoms with E-state index < -0.39 is 0 Å². The van der Waals surface area contributed by atoms with E-state index in [-0.39, 0.29) is 6.61 Å². The maximum absolute atomic E-state index is 9.88. The van der Waals surface area contributed by atoms with Gasteiger partial charge in [0.1, 0.15) is 6.61 Å². The van der Waals surface area contributed by atoms with E-state index in [1.807, 2.05) is 0 Å². The van der Waals surface area contributed by atoms with Crippen LogP contribution in [0.2, 0.25) is 0 Å². The molecule has 1 rings (SSSR count). The van der Waals surface area contributed by atoms with E-state index in [9.17, 15) is 5.11 Å². The van der Waals surface area contributed by atoms with Crippen LogP contribution < -0.4 is 0 Å². The van der Waals surface area contributed by atoms with Gasteiger partial charge < -0.3 is 0 Å². The summed E-state index contributed by atoms with van der Waals surface area (Å²) in [7, 11) is 0. The number of hydrogen-bond donors (Lipinski definition) is 1. The second kappa shape index (κ2) is 1.70. The van der Waals surface area contributed by atoms with Gasteiger partial charge in [0.25, 0.3) is 0 Å². The molecule has 0 aliphatic rings. The van der Waals surface area contributed by atoms with Crippen molar-refractivity contribution in [2.24, 2.45) is 0 Å². The zero-order valence-corrected chi connectivity index (χ0v) is 3.59. The summed E-state index contributed by atoms with van der Waals surface area (Å²) in [6, 6.07) is 0. The molecule has 4 heteroatoms. The first-order chi connectivity index (χ1) is 3.43. The van der Waals surface area contributed by atoms with Gasteiger partial charge in [0.15, 0.2) is 0 Å². The Hall–Kier alpha value is -0.900. The maximum Gasteiger partial charge on any atom is 0.125 e. The molecule has 1 radical (unpaired) electrons. The average molecular weight is 98.1 g/mol. The van der Waals surface area contributed by atoms with E-state index >= 15 is 0 Å². The lowest BCUT2D eigenvalue weighted by atomic mass is 10.5. The Bertz CT molecular complexity index is 125. The molecule has 0 atom stereocenters. The van der Waals surface area contributed by atoms with Crippen LogP contribution in [0.3, 0.4) is 0 Å². The van der Waals surface area contributed by atoms with Crippen molar-refractivity contribution in [2.75, 3.05) is 0 Å². The van der Waals surface area contributed by atoms with Crippen molar-refractivity contribution >= 4 is 0 Å². The van der Waals surface area contributed by atoms with Gasteiger partial charge in [-0.05, 0) is 0 Å². The monoisotopic (exact) mass is 98.0 g/mol. The summed E-state index contributed by atoms with van der Waals surface area (Å²) in [5.74, 6) is 0. The summed E-state index contributed by atoms with van der Waals surface area (Å²) in [6.07, 6.45) is 1.41. The topological polar surface area (TPSA) is 61.5 Å². The minimum absolute atomic E-state index is 0.271. The van der Waals surface area contributed by atoms with Gasteiger partial charge in [0.05, 0.1) is 11.9 Å². The molecule has 0 bridgehead atoms. The van der Waals surface area contributed by atoms with Crippen LogP contribution in [0.1, 0.15) is 5.69 Å². The van der Waals surface area contributed by atoms with Crippen LogP contribution in [-0.4, -0.2) is 15.4 Å². The van der Waals surface area contributed by atoms with Crippen LogP contribution in [0.25, 0.3) is 0 Å². The lowest BCUT2D eigenvalue weighted by Crippen LogP contribution is -1.77. The highest BCUT2D eigenvalue weighted by Gasteiger charge is 1.86. The summed E-state index contributed by atoms with van der Waals surface area (Å²) in [6.45, 7) is -0.271. The number of nitrogens with one attached hydrogen (secondary N) is 1. The van der Waals surface area contributed by atoms with Gasteiger partial charge in [-0.25, -0.2) is 5.11 Å². The highest BCUT2D eigenvalue weighted by molar-refractivity contribution is 4.85. The first-order valence-electron chi connectivity index (χ1n) is 1.86. The van der Waals surface area contributed by atoms with Gasteiger partial charge in [-0.15, -0.1) is 5.10 Å². The number of H-pyrrole nitrogens is 1. The number of rotatable bonds is 1. The smallest absolute Gasteiger partial charge is 0.125 e. The van der Waals surface area contributed by atoms with E-state index in [1.54, 1.807) is 0 Å². The van der Waals surface area contributed by atoms with E-state index in [2.05, 4.69) is 15.4 Å². The second-order valence-electron chi connectivity index (χ2n) is 1.13. The molecule has 0 saturated carbocycles. The van der Waals surface area contributed by atoms with E-state index in [0.717, 1.165) is 0 Å². The van der Waals surface area contributed by atoms with Crippen molar-refractivity contribution in [1.82, 2.24) is 15.4 Å². The Kier molecular flexibility index (Phi) is 1.04. The molecule has 4 nitrogen and oxygen atoms in total. The van der Waals surface area contributed by atoms with Gasteiger partial charge in [0.2, 0.25) is 0 Å². The van der Waals surface area contributed by atoms with Gasteiger partial charge in [-0.2, -0.15) is 0 Å². The molecular formula is C3H4N3O. The Morgan fingerprint density at radius 1 is 1.86 bits per heavy atom. The molecule has 0 spiro atoms. The third kappa shape index (κ3) is 0.747. The first kappa shape index (κ1) is 4.26. The Morgan fingerprint density at radius 2 is 2.71 bits per heavy atom. The third-order valence-electron chi connectivity index (χ3n) is 0.620. The molecule has 0 aromatic carbocycles. The van der Waals surface area contributed by atoms with E-state index in [4.69, 9.17) is 0 Å². The predicted octanol–water partition coefficient (Wildman–Crippen LogP) is -0.265. The largest absolute Gasteiger partial charge is 0.260 e. The van der Waals surface area contributed by atoms with E-state index in [0.29, 0.717) is 5.69 Å². The van der Waals surface area contributed by atoms with Gasteiger partial charge in [-0.3, -0.25) is 5.10 Å². The standard InChI is InChI=1S/C3H4N3O/c7-2-3-1-4-6-5-3/h1H,2H2,(H,4,5,6). The zero-order chi connectivity index (χ0) is 5.11. The number of aromatic amines is 1. The fraction of sp³-hybridized carbons (Fsp3) is 0.333. The Morgan fingerprint density at radius 3 is 3.00 bits per heavy atom. The van der Waals surface area contributed by atoms with Gasteiger partial charge >= 0.3 is 0 Å². The molecule has 0 aliphatic carbocycles. The highest BCUT2D eigenvalue weighted by Crippen LogP contribution is 1.83. The fourth-order valence-electron chi connectivity index (χ4n) is 0.290. The minimum atomic E-state index is -0.271. The quantitative estimate of drug-likeness (QED) is 0.525. The molecule has 37 valence electrons. The van der Waals surface area contributed by atoms with Crippen LogP contribution in [0.4, 0.5) is 0 Å². The fourth-order valence-corrected chi connectivity index (χ4v) is 0.290. The molecule has 1 N–H and O–H groups in total. The summed E-state index contributed by atoms with van der Waals surface area (Å²) >= 11 is 0. The number of hydrogen-bond acceptors (Lipinski definition) is 2. The minimum Gasteiger partial charge on any atom is -0.260 e. The van der Waals surface area contributed by atoms with Gasteiger partial charge in [0, 0.05) is 0 Å². The summed E-state index contributed by atoms with van der Waals surface area (Å²) in [5.41, 5.74) is 0.528. The molecular weight excluding hydrogens is 94.1 g/mol. The zero-order valence-electron chi connectivity index (χ0n) is 3.59. The van der Waals surface area contributed by atoms with Gasteiger partial charge in [-0.1, -0.05) is 5.21 Å². The Labute approximate surface area is 40.2 Å².